The van der Waals surface area contributed by atoms with Crippen molar-refractivity contribution in [3.63, 3.8) is 0 Å². The maximum Gasteiger partial charge on any atom is 0.352 e. The van der Waals surface area contributed by atoms with E-state index in [0.717, 1.165) is 31.3 Å². The molecule has 3 rings (SSSR count). The van der Waals surface area contributed by atoms with Crippen LogP contribution in [0.2, 0.25) is 0 Å². The number of amides is 1. The minimum absolute atomic E-state index is 0.112. The Labute approximate surface area is 105 Å². The molecule has 1 saturated carbocycles. The van der Waals surface area contributed by atoms with Gasteiger partial charge in [0.15, 0.2) is 0 Å². The highest BCUT2D eigenvalue weighted by Crippen LogP contribution is 2.51. The number of aliphatic hydroxyl groups is 1. The Kier molecular flexibility index (Phi) is 2.48. The summed E-state index contributed by atoms with van der Waals surface area (Å²) in [6.45, 7) is 1.61. The third kappa shape index (κ3) is 1.31. The molecule has 98 valence electrons. The van der Waals surface area contributed by atoms with Crippen LogP contribution in [0.3, 0.4) is 0 Å². The van der Waals surface area contributed by atoms with E-state index in [0.29, 0.717) is 0 Å². The van der Waals surface area contributed by atoms with E-state index in [2.05, 4.69) is 0 Å². The first-order valence-electron chi connectivity index (χ1n) is 6.51. The van der Waals surface area contributed by atoms with Crippen LogP contribution in [0.5, 0.6) is 0 Å². The van der Waals surface area contributed by atoms with Crippen molar-refractivity contribution in [1.82, 2.24) is 4.90 Å². The minimum Gasteiger partial charge on any atom is -0.477 e. The van der Waals surface area contributed by atoms with Crippen molar-refractivity contribution in [2.45, 2.75) is 44.8 Å². The van der Waals surface area contributed by atoms with Crippen molar-refractivity contribution in [1.29, 1.82) is 0 Å². The summed E-state index contributed by atoms with van der Waals surface area (Å²) < 4.78 is 0. The molecule has 1 aliphatic carbocycles. The van der Waals surface area contributed by atoms with E-state index in [4.69, 9.17) is 0 Å². The van der Waals surface area contributed by atoms with Crippen LogP contribution in [0.25, 0.3) is 0 Å². The number of carbonyl (C=O) groups is 2. The summed E-state index contributed by atoms with van der Waals surface area (Å²) in [6.07, 6.45) is 3.08. The fourth-order valence-corrected chi connectivity index (χ4v) is 3.82. The molecule has 5 heteroatoms. The molecule has 18 heavy (non-hydrogen) atoms. The number of carboxylic acid groups (broad SMARTS) is 1. The number of carboxylic acids is 1. The number of hydrogen-bond acceptors (Lipinski definition) is 3. The Morgan fingerprint density at radius 1 is 1.44 bits per heavy atom. The van der Waals surface area contributed by atoms with Crippen molar-refractivity contribution in [3.8, 4) is 0 Å². The first-order chi connectivity index (χ1) is 8.54. The first-order valence-corrected chi connectivity index (χ1v) is 6.51. The summed E-state index contributed by atoms with van der Waals surface area (Å²) in [4.78, 5) is 24.8. The molecular weight excluding hydrogens is 234 g/mol. The molecule has 0 aromatic heterocycles. The Bertz CT molecular complexity index is 454. The van der Waals surface area contributed by atoms with Crippen LogP contribution in [0.4, 0.5) is 0 Å². The van der Waals surface area contributed by atoms with Gasteiger partial charge in [-0.1, -0.05) is 6.42 Å². The average Bonchev–Trinajstić information content (AvgIpc) is 2.60. The molecule has 2 N–H and O–H groups in total. The predicted molar refractivity (Wildman–Crippen MR) is 62.4 cm³/mol. The molecule has 2 fully saturated rings. The van der Waals surface area contributed by atoms with Crippen molar-refractivity contribution in [2.75, 3.05) is 0 Å². The van der Waals surface area contributed by atoms with Gasteiger partial charge >= 0.3 is 5.97 Å². The second-order valence-corrected chi connectivity index (χ2v) is 5.50. The summed E-state index contributed by atoms with van der Waals surface area (Å²) >= 11 is 0. The van der Waals surface area contributed by atoms with Crippen molar-refractivity contribution in [3.05, 3.63) is 11.3 Å². The van der Waals surface area contributed by atoms with Crippen LogP contribution in [-0.4, -0.2) is 39.1 Å². The lowest BCUT2D eigenvalue weighted by Crippen LogP contribution is -2.63. The van der Waals surface area contributed by atoms with Crippen molar-refractivity contribution >= 4 is 11.9 Å². The molecular formula is C13H17NO4. The minimum atomic E-state index is -1.00. The number of aliphatic hydroxyl groups excluding tert-OH is 1. The first kappa shape index (κ1) is 11.7. The molecule has 0 aromatic rings. The molecule has 2 aliphatic heterocycles. The van der Waals surface area contributed by atoms with E-state index in [9.17, 15) is 19.8 Å². The maximum absolute atomic E-state index is 12.0. The third-order valence-electron chi connectivity index (χ3n) is 4.53. The lowest BCUT2D eigenvalue weighted by atomic mass is 9.72. The largest absolute Gasteiger partial charge is 0.477 e. The second kappa shape index (κ2) is 3.82. The number of fused-ring (bicyclic) bond motifs is 3. The van der Waals surface area contributed by atoms with Crippen LogP contribution in [0, 0.1) is 11.8 Å². The van der Waals surface area contributed by atoms with Gasteiger partial charge in [-0.2, -0.15) is 0 Å². The van der Waals surface area contributed by atoms with Gasteiger partial charge in [0.2, 0.25) is 5.91 Å². The smallest absolute Gasteiger partial charge is 0.352 e. The highest BCUT2D eigenvalue weighted by molar-refractivity contribution is 6.00. The van der Waals surface area contributed by atoms with Crippen LogP contribution >= 0.6 is 0 Å². The number of hydrogen-bond donors (Lipinski definition) is 2. The SMILES string of the molecule is C[C@@H](O)[C@H]1C(=O)N2C(C(=O)O)=C3CCCCC3[C@@H]12. The Morgan fingerprint density at radius 2 is 2.17 bits per heavy atom. The van der Waals surface area contributed by atoms with E-state index < -0.39 is 18.0 Å². The molecule has 1 saturated heterocycles. The molecule has 0 radical (unpaired) electrons. The quantitative estimate of drug-likeness (QED) is 0.709. The van der Waals surface area contributed by atoms with Gasteiger partial charge in [0.05, 0.1) is 18.1 Å². The zero-order valence-corrected chi connectivity index (χ0v) is 10.3. The Hall–Kier alpha value is -1.36. The topological polar surface area (TPSA) is 77.8 Å². The highest BCUT2D eigenvalue weighted by Gasteiger charge is 2.60. The zero-order chi connectivity index (χ0) is 13.0. The van der Waals surface area contributed by atoms with E-state index in [1.54, 1.807) is 6.92 Å². The fraction of sp³-hybridized carbons (Fsp3) is 0.692. The average molecular weight is 251 g/mol. The lowest BCUT2D eigenvalue weighted by molar-refractivity contribution is -0.163. The summed E-state index contributed by atoms with van der Waals surface area (Å²) in [5.74, 6) is -1.49. The molecule has 0 spiro atoms. The summed E-state index contributed by atoms with van der Waals surface area (Å²) in [5.41, 5.74) is 1.13. The number of nitrogens with zero attached hydrogens (tertiary/aromatic N) is 1. The van der Waals surface area contributed by atoms with Crippen LogP contribution in [0.15, 0.2) is 11.3 Å². The standard InChI is InChI=1S/C13H17NO4/c1-6(15)9-10-7-4-2-3-5-8(7)11(13(17)18)14(10)12(9)16/h6-7,9-10,15H,2-5H2,1H3,(H,17,18)/t6-,7?,9-,10+/m1/s1. The van der Waals surface area contributed by atoms with Gasteiger partial charge in [-0.3, -0.25) is 4.79 Å². The zero-order valence-electron chi connectivity index (χ0n) is 10.3. The highest BCUT2D eigenvalue weighted by atomic mass is 16.4. The number of aliphatic carboxylic acids is 1. The third-order valence-corrected chi connectivity index (χ3v) is 4.53. The van der Waals surface area contributed by atoms with Crippen LogP contribution < -0.4 is 0 Å². The van der Waals surface area contributed by atoms with E-state index in [1.807, 2.05) is 0 Å². The number of β-lactam (4-membered cyclic amide) rings is 1. The number of rotatable bonds is 2. The predicted octanol–water partition coefficient (Wildman–Crippen LogP) is 0.737. The van der Waals surface area contributed by atoms with Gasteiger partial charge in [0.1, 0.15) is 5.70 Å². The van der Waals surface area contributed by atoms with Gasteiger partial charge < -0.3 is 15.1 Å². The Balaban J connectivity index is 2.00. The maximum atomic E-state index is 12.0. The molecule has 2 heterocycles. The lowest BCUT2D eigenvalue weighted by Gasteiger charge is -2.47. The molecule has 1 amide bonds. The summed E-state index contributed by atoms with van der Waals surface area (Å²) in [6, 6.07) is -0.112. The van der Waals surface area contributed by atoms with Crippen LogP contribution in [0.1, 0.15) is 32.6 Å². The van der Waals surface area contributed by atoms with Crippen molar-refractivity contribution in [2.24, 2.45) is 11.8 Å². The molecule has 3 aliphatic rings. The monoisotopic (exact) mass is 251 g/mol. The van der Waals surface area contributed by atoms with Gasteiger partial charge in [0.25, 0.3) is 0 Å². The van der Waals surface area contributed by atoms with Crippen molar-refractivity contribution < 1.29 is 19.8 Å². The number of carbonyl (C=O) groups excluding carboxylic acids is 1. The van der Waals surface area contributed by atoms with E-state index in [1.165, 1.54) is 4.90 Å². The molecule has 5 nitrogen and oxygen atoms in total. The van der Waals surface area contributed by atoms with Gasteiger partial charge in [0, 0.05) is 5.92 Å². The summed E-state index contributed by atoms with van der Waals surface area (Å²) in [5, 5.41) is 19.0. The second-order valence-electron chi connectivity index (χ2n) is 5.50. The van der Waals surface area contributed by atoms with Gasteiger partial charge in [-0.05, 0) is 31.8 Å². The summed E-state index contributed by atoms with van der Waals surface area (Å²) in [7, 11) is 0. The van der Waals surface area contributed by atoms with E-state index >= 15 is 0 Å². The Morgan fingerprint density at radius 3 is 2.78 bits per heavy atom. The molecule has 4 atom stereocenters. The molecule has 1 unspecified atom stereocenters. The molecule has 0 bridgehead atoms. The van der Waals surface area contributed by atoms with Crippen LogP contribution in [-0.2, 0) is 9.59 Å². The van der Waals surface area contributed by atoms with Gasteiger partial charge in [-0.25, -0.2) is 4.79 Å². The molecule has 0 aromatic carbocycles. The van der Waals surface area contributed by atoms with E-state index in [-0.39, 0.29) is 23.6 Å². The van der Waals surface area contributed by atoms with Gasteiger partial charge in [-0.15, -0.1) is 0 Å². The fourth-order valence-electron chi connectivity index (χ4n) is 3.82. The normalized spacial score (nSPS) is 36.0.